The zero-order valence-corrected chi connectivity index (χ0v) is 15.7. The van der Waals surface area contributed by atoms with Gasteiger partial charge in [-0.2, -0.15) is 0 Å². The average molecular weight is 384 g/mol. The molecule has 2 atom stereocenters. The molecular formula is C22H21ClFN2O+. The van der Waals surface area contributed by atoms with Gasteiger partial charge in [-0.05, 0) is 36.4 Å². The Hall–Kier alpha value is -2.69. The summed E-state index contributed by atoms with van der Waals surface area (Å²) in [5.41, 5.74) is 2.58. The first kappa shape index (κ1) is 19.1. The van der Waals surface area contributed by atoms with E-state index in [-0.39, 0.29) is 11.7 Å². The van der Waals surface area contributed by atoms with E-state index in [9.17, 15) is 9.18 Å². The molecule has 3 aromatic rings. The molecule has 1 unspecified atom stereocenters. The minimum Gasteiger partial charge on any atom is -0.321 e. The first-order chi connectivity index (χ1) is 13.0. The Kier molecular flexibility index (Phi) is 6.22. The van der Waals surface area contributed by atoms with Crippen LogP contribution in [0, 0.1) is 5.82 Å². The number of anilines is 1. The highest BCUT2D eigenvalue weighted by atomic mass is 35.5. The maximum atomic E-state index is 13.1. The molecule has 0 aliphatic carbocycles. The molecule has 3 rings (SSSR count). The number of quaternary nitrogens is 1. The molecule has 3 nitrogen and oxygen atoms in total. The minimum atomic E-state index is -0.410. The third-order valence-corrected chi connectivity index (χ3v) is 4.65. The fourth-order valence-electron chi connectivity index (χ4n) is 3.08. The summed E-state index contributed by atoms with van der Waals surface area (Å²) in [6.07, 6.45) is 0. The van der Waals surface area contributed by atoms with Gasteiger partial charge in [0, 0.05) is 21.8 Å². The van der Waals surface area contributed by atoms with Crippen LogP contribution in [0.15, 0.2) is 78.9 Å². The number of hydrogen-bond acceptors (Lipinski definition) is 1. The van der Waals surface area contributed by atoms with Crippen LogP contribution in [0.3, 0.4) is 0 Å². The number of amides is 1. The molecule has 0 fully saturated rings. The molecule has 27 heavy (non-hydrogen) atoms. The van der Waals surface area contributed by atoms with Gasteiger partial charge in [0.05, 0.1) is 7.05 Å². The molecule has 0 aromatic heterocycles. The van der Waals surface area contributed by atoms with E-state index in [1.807, 2.05) is 61.6 Å². The minimum absolute atomic E-state index is 0.140. The van der Waals surface area contributed by atoms with Crippen LogP contribution in [0.5, 0.6) is 0 Å². The molecule has 0 aliphatic heterocycles. The Balaban J connectivity index is 1.82. The van der Waals surface area contributed by atoms with Gasteiger partial charge in [-0.25, -0.2) is 4.39 Å². The molecule has 0 spiro atoms. The molecule has 0 radical (unpaired) electrons. The van der Waals surface area contributed by atoms with Crippen molar-refractivity contribution in [2.75, 3.05) is 12.4 Å². The summed E-state index contributed by atoms with van der Waals surface area (Å²) in [5.74, 6) is -0.475. The monoisotopic (exact) mass is 383 g/mol. The van der Waals surface area contributed by atoms with Gasteiger partial charge in [-0.15, -0.1) is 0 Å². The molecular weight excluding hydrogens is 363 g/mol. The van der Waals surface area contributed by atoms with E-state index in [2.05, 4.69) is 5.32 Å². The SMILES string of the molecule is C[NH+](Cc1ccc(Cl)cc1)[C@H](C(=O)Nc1ccc(F)cc1)c1ccccc1. The van der Waals surface area contributed by atoms with E-state index in [1.54, 1.807) is 12.1 Å². The van der Waals surface area contributed by atoms with Crippen LogP contribution in [-0.4, -0.2) is 13.0 Å². The van der Waals surface area contributed by atoms with Crippen molar-refractivity contribution in [1.29, 1.82) is 0 Å². The molecule has 0 heterocycles. The average Bonchev–Trinajstić information content (AvgIpc) is 2.66. The van der Waals surface area contributed by atoms with Crippen LogP contribution in [0.2, 0.25) is 5.02 Å². The van der Waals surface area contributed by atoms with Crippen molar-refractivity contribution in [3.05, 3.63) is 101 Å². The normalized spacial score (nSPS) is 13.0. The summed E-state index contributed by atoms with van der Waals surface area (Å²) in [7, 11) is 1.98. The Morgan fingerprint density at radius 1 is 1.00 bits per heavy atom. The fourth-order valence-corrected chi connectivity index (χ4v) is 3.21. The van der Waals surface area contributed by atoms with Crippen LogP contribution in [0.1, 0.15) is 17.2 Å². The Morgan fingerprint density at radius 3 is 2.26 bits per heavy atom. The summed E-state index contributed by atoms with van der Waals surface area (Å²) in [6, 6.07) is 22.6. The second-order valence-electron chi connectivity index (χ2n) is 6.49. The van der Waals surface area contributed by atoms with E-state index in [0.717, 1.165) is 16.0 Å². The standard InChI is InChI=1S/C22H20ClFN2O/c1-26(15-16-7-9-18(23)10-8-16)21(17-5-3-2-4-6-17)22(27)25-20-13-11-19(24)12-14-20/h2-14,21H,15H2,1H3,(H,25,27)/p+1/t21-/m0/s1. The van der Waals surface area contributed by atoms with Crippen LogP contribution in [0.25, 0.3) is 0 Å². The fraction of sp³-hybridized carbons (Fsp3) is 0.136. The van der Waals surface area contributed by atoms with E-state index in [1.165, 1.54) is 12.1 Å². The number of nitrogens with one attached hydrogen (secondary N) is 2. The van der Waals surface area contributed by atoms with E-state index in [0.29, 0.717) is 17.3 Å². The third kappa shape index (κ3) is 5.16. The first-order valence-electron chi connectivity index (χ1n) is 8.71. The van der Waals surface area contributed by atoms with Gasteiger partial charge in [-0.3, -0.25) is 4.79 Å². The second kappa shape index (κ2) is 8.80. The number of likely N-dealkylation sites (N-methyl/N-ethyl adjacent to an activating group) is 1. The summed E-state index contributed by atoms with van der Waals surface area (Å²) < 4.78 is 13.1. The number of benzene rings is 3. The summed E-state index contributed by atoms with van der Waals surface area (Å²) in [6.45, 7) is 0.660. The number of hydrogen-bond donors (Lipinski definition) is 2. The number of carbonyl (C=O) groups excluding carboxylic acids is 1. The molecule has 138 valence electrons. The molecule has 3 aromatic carbocycles. The Morgan fingerprint density at radius 2 is 1.63 bits per heavy atom. The predicted octanol–water partition coefficient (Wildman–Crippen LogP) is 3.87. The van der Waals surface area contributed by atoms with E-state index < -0.39 is 6.04 Å². The van der Waals surface area contributed by atoms with Crippen LogP contribution in [0.4, 0.5) is 10.1 Å². The molecule has 0 aliphatic rings. The van der Waals surface area contributed by atoms with Crippen LogP contribution < -0.4 is 10.2 Å². The number of rotatable bonds is 6. The van der Waals surface area contributed by atoms with Crippen molar-refractivity contribution >= 4 is 23.2 Å². The summed E-state index contributed by atoms with van der Waals surface area (Å²) >= 11 is 5.96. The van der Waals surface area contributed by atoms with Crippen molar-refractivity contribution < 1.29 is 14.1 Å². The second-order valence-corrected chi connectivity index (χ2v) is 6.93. The molecule has 0 bridgehead atoms. The van der Waals surface area contributed by atoms with E-state index >= 15 is 0 Å². The third-order valence-electron chi connectivity index (χ3n) is 4.40. The van der Waals surface area contributed by atoms with Crippen LogP contribution >= 0.6 is 11.6 Å². The Bertz CT molecular complexity index is 882. The molecule has 1 amide bonds. The van der Waals surface area contributed by atoms with Gasteiger partial charge in [0.25, 0.3) is 5.91 Å². The van der Waals surface area contributed by atoms with Gasteiger partial charge in [0.2, 0.25) is 0 Å². The van der Waals surface area contributed by atoms with Crippen molar-refractivity contribution in [3.8, 4) is 0 Å². The van der Waals surface area contributed by atoms with Gasteiger partial charge in [0.15, 0.2) is 6.04 Å². The number of halogens is 2. The summed E-state index contributed by atoms with van der Waals surface area (Å²) in [5, 5.41) is 3.58. The van der Waals surface area contributed by atoms with Crippen LogP contribution in [-0.2, 0) is 11.3 Å². The lowest BCUT2D eigenvalue weighted by Crippen LogP contribution is -3.09. The highest BCUT2D eigenvalue weighted by Gasteiger charge is 2.29. The maximum absolute atomic E-state index is 13.1. The highest BCUT2D eigenvalue weighted by molar-refractivity contribution is 6.30. The lowest BCUT2D eigenvalue weighted by molar-refractivity contribution is -0.915. The van der Waals surface area contributed by atoms with Gasteiger partial charge < -0.3 is 10.2 Å². The quantitative estimate of drug-likeness (QED) is 0.665. The van der Waals surface area contributed by atoms with Crippen molar-refractivity contribution in [2.45, 2.75) is 12.6 Å². The summed E-state index contributed by atoms with van der Waals surface area (Å²) in [4.78, 5) is 14.1. The first-order valence-corrected chi connectivity index (χ1v) is 9.09. The Labute approximate surface area is 163 Å². The number of carbonyl (C=O) groups is 1. The zero-order chi connectivity index (χ0) is 19.2. The van der Waals surface area contributed by atoms with Crippen molar-refractivity contribution in [2.24, 2.45) is 0 Å². The lowest BCUT2D eigenvalue weighted by atomic mass is 10.0. The van der Waals surface area contributed by atoms with Crippen molar-refractivity contribution in [1.82, 2.24) is 0 Å². The van der Waals surface area contributed by atoms with Gasteiger partial charge in [-0.1, -0.05) is 54.1 Å². The lowest BCUT2D eigenvalue weighted by Gasteiger charge is -2.25. The highest BCUT2D eigenvalue weighted by Crippen LogP contribution is 2.15. The molecule has 5 heteroatoms. The van der Waals surface area contributed by atoms with Crippen molar-refractivity contribution in [3.63, 3.8) is 0 Å². The topological polar surface area (TPSA) is 33.5 Å². The van der Waals surface area contributed by atoms with E-state index in [4.69, 9.17) is 11.6 Å². The smallest absolute Gasteiger partial charge is 0.287 e. The molecule has 0 saturated heterocycles. The largest absolute Gasteiger partial charge is 0.321 e. The molecule has 2 N–H and O–H groups in total. The molecule has 0 saturated carbocycles. The maximum Gasteiger partial charge on any atom is 0.287 e. The zero-order valence-electron chi connectivity index (χ0n) is 15.0. The predicted molar refractivity (Wildman–Crippen MR) is 106 cm³/mol. The van der Waals surface area contributed by atoms with Gasteiger partial charge in [0.1, 0.15) is 12.4 Å². The van der Waals surface area contributed by atoms with Gasteiger partial charge >= 0.3 is 0 Å².